The summed E-state index contributed by atoms with van der Waals surface area (Å²) in [5, 5.41) is 3.10. The van der Waals surface area contributed by atoms with Gasteiger partial charge in [0.25, 0.3) is 0 Å². The largest absolute Gasteiger partial charge is 0.381 e. The molecule has 0 heterocycles. The monoisotopic (exact) mass is 276 g/mol. The molecule has 0 bridgehead atoms. The van der Waals surface area contributed by atoms with E-state index in [0.717, 1.165) is 23.4 Å². The molecule has 0 fully saturated rings. The lowest BCUT2D eigenvalue weighted by Gasteiger charge is -2.10. The first kappa shape index (κ1) is 14.0. The molecule has 0 aliphatic heterocycles. The second-order valence-corrected chi connectivity index (χ2v) is 4.50. The highest BCUT2D eigenvalue weighted by Crippen LogP contribution is 2.18. The third kappa shape index (κ3) is 3.12. The summed E-state index contributed by atoms with van der Waals surface area (Å²) in [6, 6.07) is 8.78. The molecular formula is C15H14F2N2O. The van der Waals surface area contributed by atoms with Crippen LogP contribution in [0.3, 0.4) is 0 Å². The molecule has 1 amide bonds. The lowest BCUT2D eigenvalue weighted by Crippen LogP contribution is -2.11. The topological polar surface area (TPSA) is 55.1 Å². The molecule has 0 aliphatic carbocycles. The van der Waals surface area contributed by atoms with Crippen LogP contribution in [-0.2, 0) is 6.54 Å². The van der Waals surface area contributed by atoms with Gasteiger partial charge in [0, 0.05) is 17.8 Å². The van der Waals surface area contributed by atoms with Crippen molar-refractivity contribution in [2.24, 2.45) is 5.73 Å². The van der Waals surface area contributed by atoms with E-state index in [1.807, 2.05) is 6.92 Å². The van der Waals surface area contributed by atoms with E-state index in [1.54, 1.807) is 18.2 Å². The van der Waals surface area contributed by atoms with Gasteiger partial charge in [0.1, 0.15) is 0 Å². The minimum absolute atomic E-state index is 0.355. The average molecular weight is 276 g/mol. The number of hydrogen-bond donors (Lipinski definition) is 2. The molecule has 104 valence electrons. The summed E-state index contributed by atoms with van der Waals surface area (Å²) in [4.78, 5) is 11.0. The number of hydrogen-bond acceptors (Lipinski definition) is 2. The van der Waals surface area contributed by atoms with E-state index in [0.29, 0.717) is 17.7 Å². The van der Waals surface area contributed by atoms with Gasteiger partial charge in [0.2, 0.25) is 5.91 Å². The molecule has 2 aromatic rings. The molecule has 0 saturated heterocycles. The molecule has 3 N–H and O–H groups in total. The lowest BCUT2D eigenvalue weighted by molar-refractivity contribution is 0.1000. The van der Waals surface area contributed by atoms with Crippen molar-refractivity contribution in [1.82, 2.24) is 0 Å². The number of halogens is 2. The zero-order valence-corrected chi connectivity index (χ0v) is 10.9. The predicted octanol–water partition coefficient (Wildman–Crippen LogP) is 2.98. The Hall–Kier alpha value is -2.43. The molecule has 0 aromatic heterocycles. The highest BCUT2D eigenvalue weighted by atomic mass is 19.2. The van der Waals surface area contributed by atoms with E-state index in [-0.39, 0.29) is 0 Å². The van der Waals surface area contributed by atoms with Crippen molar-refractivity contribution in [2.75, 3.05) is 5.32 Å². The molecule has 0 saturated carbocycles. The van der Waals surface area contributed by atoms with Gasteiger partial charge in [-0.1, -0.05) is 6.07 Å². The quantitative estimate of drug-likeness (QED) is 0.902. The average Bonchev–Trinajstić information content (AvgIpc) is 2.41. The number of anilines is 1. The highest BCUT2D eigenvalue weighted by molar-refractivity contribution is 5.93. The molecule has 5 heteroatoms. The van der Waals surface area contributed by atoms with E-state index < -0.39 is 17.5 Å². The Kier molecular flexibility index (Phi) is 3.98. The number of nitrogens with one attached hydrogen (secondary N) is 1. The van der Waals surface area contributed by atoms with Gasteiger partial charge in [0.15, 0.2) is 11.6 Å². The van der Waals surface area contributed by atoms with Crippen molar-refractivity contribution in [3.05, 3.63) is 64.7 Å². The number of amides is 1. The molecule has 2 rings (SSSR count). The van der Waals surface area contributed by atoms with E-state index in [2.05, 4.69) is 5.32 Å². The van der Waals surface area contributed by atoms with Gasteiger partial charge >= 0.3 is 0 Å². The van der Waals surface area contributed by atoms with Gasteiger partial charge in [-0.05, 0) is 48.4 Å². The Balaban J connectivity index is 2.10. The summed E-state index contributed by atoms with van der Waals surface area (Å²) in [7, 11) is 0. The second-order valence-electron chi connectivity index (χ2n) is 4.50. The van der Waals surface area contributed by atoms with Crippen molar-refractivity contribution < 1.29 is 13.6 Å². The third-order valence-corrected chi connectivity index (χ3v) is 2.98. The van der Waals surface area contributed by atoms with Crippen LogP contribution in [0.25, 0.3) is 0 Å². The summed E-state index contributed by atoms with van der Waals surface area (Å²) in [5.41, 5.74) is 7.91. The Labute approximate surface area is 115 Å². The highest BCUT2D eigenvalue weighted by Gasteiger charge is 2.05. The number of carbonyl (C=O) groups excluding carboxylic acids is 1. The number of rotatable bonds is 4. The first-order valence-electron chi connectivity index (χ1n) is 6.05. The van der Waals surface area contributed by atoms with Gasteiger partial charge in [-0.3, -0.25) is 4.79 Å². The van der Waals surface area contributed by atoms with Crippen LogP contribution in [0.2, 0.25) is 0 Å². The molecule has 3 nitrogen and oxygen atoms in total. The second kappa shape index (κ2) is 5.69. The summed E-state index contributed by atoms with van der Waals surface area (Å²) < 4.78 is 25.9. The maximum absolute atomic E-state index is 13.1. The Morgan fingerprint density at radius 1 is 1.15 bits per heavy atom. The summed E-state index contributed by atoms with van der Waals surface area (Å²) in [5.74, 6) is -2.22. The standard InChI is InChI=1S/C15H14F2N2O/c1-9-6-11(15(18)20)3-5-14(9)19-8-10-2-4-12(16)13(17)7-10/h2-7,19H,8H2,1H3,(H2,18,20). The first-order chi connectivity index (χ1) is 9.47. The van der Waals surface area contributed by atoms with E-state index in [9.17, 15) is 13.6 Å². The van der Waals surface area contributed by atoms with Gasteiger partial charge in [-0.2, -0.15) is 0 Å². The van der Waals surface area contributed by atoms with Crippen molar-refractivity contribution in [2.45, 2.75) is 13.5 Å². The first-order valence-corrected chi connectivity index (χ1v) is 6.05. The number of carbonyl (C=O) groups is 1. The normalized spacial score (nSPS) is 10.3. The van der Waals surface area contributed by atoms with Crippen molar-refractivity contribution >= 4 is 11.6 Å². The van der Waals surface area contributed by atoms with Crippen LogP contribution in [0.5, 0.6) is 0 Å². The number of aryl methyl sites for hydroxylation is 1. The number of benzene rings is 2. The fourth-order valence-electron chi connectivity index (χ4n) is 1.86. The minimum Gasteiger partial charge on any atom is -0.381 e. The molecule has 20 heavy (non-hydrogen) atoms. The van der Waals surface area contributed by atoms with E-state index >= 15 is 0 Å². The van der Waals surface area contributed by atoms with Crippen LogP contribution in [0.1, 0.15) is 21.5 Å². The maximum Gasteiger partial charge on any atom is 0.248 e. The number of nitrogens with two attached hydrogens (primary N) is 1. The fourth-order valence-corrected chi connectivity index (χ4v) is 1.86. The number of primary amides is 1. The van der Waals surface area contributed by atoms with Crippen molar-refractivity contribution in [3.8, 4) is 0 Å². The van der Waals surface area contributed by atoms with Gasteiger partial charge in [-0.25, -0.2) is 8.78 Å². The summed E-state index contributed by atoms with van der Waals surface area (Å²) in [6.07, 6.45) is 0. The smallest absolute Gasteiger partial charge is 0.248 e. The fraction of sp³-hybridized carbons (Fsp3) is 0.133. The molecule has 0 radical (unpaired) electrons. The summed E-state index contributed by atoms with van der Waals surface area (Å²) >= 11 is 0. The van der Waals surface area contributed by atoms with Gasteiger partial charge < -0.3 is 11.1 Å². The molecule has 0 atom stereocenters. The molecule has 0 unspecified atom stereocenters. The Morgan fingerprint density at radius 3 is 2.50 bits per heavy atom. The molecular weight excluding hydrogens is 262 g/mol. The van der Waals surface area contributed by atoms with Crippen LogP contribution in [0.15, 0.2) is 36.4 Å². The Bertz CT molecular complexity index is 656. The Morgan fingerprint density at radius 2 is 1.90 bits per heavy atom. The lowest BCUT2D eigenvalue weighted by atomic mass is 10.1. The van der Waals surface area contributed by atoms with Crippen LogP contribution < -0.4 is 11.1 Å². The molecule has 2 aromatic carbocycles. The van der Waals surface area contributed by atoms with E-state index in [4.69, 9.17) is 5.73 Å². The van der Waals surface area contributed by atoms with Crippen molar-refractivity contribution in [1.29, 1.82) is 0 Å². The molecule has 0 spiro atoms. The third-order valence-electron chi connectivity index (χ3n) is 2.98. The predicted molar refractivity (Wildman–Crippen MR) is 73.4 cm³/mol. The zero-order chi connectivity index (χ0) is 14.7. The van der Waals surface area contributed by atoms with Crippen LogP contribution in [-0.4, -0.2) is 5.91 Å². The van der Waals surface area contributed by atoms with Crippen LogP contribution in [0.4, 0.5) is 14.5 Å². The van der Waals surface area contributed by atoms with Gasteiger partial charge in [-0.15, -0.1) is 0 Å². The van der Waals surface area contributed by atoms with Crippen molar-refractivity contribution in [3.63, 3.8) is 0 Å². The summed E-state index contributed by atoms with van der Waals surface area (Å²) in [6.45, 7) is 2.19. The van der Waals surface area contributed by atoms with E-state index in [1.165, 1.54) is 6.07 Å². The zero-order valence-electron chi connectivity index (χ0n) is 10.9. The minimum atomic E-state index is -0.870. The molecule has 0 aliphatic rings. The van der Waals surface area contributed by atoms with Crippen LogP contribution in [0, 0.1) is 18.6 Å². The van der Waals surface area contributed by atoms with Gasteiger partial charge in [0.05, 0.1) is 0 Å². The SMILES string of the molecule is Cc1cc(C(N)=O)ccc1NCc1ccc(F)c(F)c1. The van der Waals surface area contributed by atoms with Crippen LogP contribution >= 0.6 is 0 Å². The maximum atomic E-state index is 13.1.